The van der Waals surface area contributed by atoms with E-state index in [1.54, 1.807) is 6.07 Å². The molecule has 0 aliphatic heterocycles. The van der Waals surface area contributed by atoms with Gasteiger partial charge in [0, 0.05) is 7.11 Å². The molecule has 0 fully saturated rings. The van der Waals surface area contributed by atoms with E-state index < -0.39 is 10.8 Å². The Morgan fingerprint density at radius 3 is 2.85 bits per heavy atom. The molecule has 1 rings (SSSR count). The fraction of sp³-hybridized carbons (Fsp3) is 0.333. The molecular weight excluding hydrogens is 186 g/mol. The first kappa shape index (κ1) is 10.2. The van der Waals surface area contributed by atoms with E-state index >= 15 is 0 Å². The van der Waals surface area contributed by atoms with Gasteiger partial charge in [0.05, 0.1) is 21.4 Å². The molecule has 2 N–H and O–H groups in total. The highest BCUT2D eigenvalue weighted by atomic mass is 32.2. The van der Waals surface area contributed by atoms with E-state index in [0.717, 1.165) is 5.56 Å². The van der Waals surface area contributed by atoms with E-state index in [1.807, 2.05) is 19.1 Å². The van der Waals surface area contributed by atoms with E-state index in [-0.39, 0.29) is 5.94 Å². The van der Waals surface area contributed by atoms with Crippen LogP contribution in [0.5, 0.6) is 0 Å². The number of ether oxygens (including phenoxy) is 1. The lowest BCUT2D eigenvalue weighted by Crippen LogP contribution is -2.04. The van der Waals surface area contributed by atoms with Crippen LogP contribution in [0.25, 0.3) is 0 Å². The Morgan fingerprint density at radius 2 is 2.23 bits per heavy atom. The lowest BCUT2D eigenvalue weighted by Gasteiger charge is -2.06. The van der Waals surface area contributed by atoms with Crippen LogP contribution >= 0.6 is 0 Å². The lowest BCUT2D eigenvalue weighted by atomic mass is 10.2. The SMILES string of the molecule is COCS(=O)c1cccc(C)c1N. The molecule has 13 heavy (non-hydrogen) atoms. The van der Waals surface area contributed by atoms with Crippen molar-refractivity contribution in [1.82, 2.24) is 0 Å². The van der Waals surface area contributed by atoms with Crippen molar-refractivity contribution in [1.29, 1.82) is 0 Å². The van der Waals surface area contributed by atoms with Crippen molar-refractivity contribution in [2.75, 3.05) is 18.8 Å². The van der Waals surface area contributed by atoms with Gasteiger partial charge in [-0.05, 0) is 18.6 Å². The minimum atomic E-state index is -1.15. The highest BCUT2D eigenvalue weighted by molar-refractivity contribution is 7.85. The van der Waals surface area contributed by atoms with E-state index in [2.05, 4.69) is 0 Å². The van der Waals surface area contributed by atoms with Crippen molar-refractivity contribution >= 4 is 16.5 Å². The third kappa shape index (κ3) is 2.29. The van der Waals surface area contributed by atoms with Crippen LogP contribution in [0.2, 0.25) is 0 Å². The zero-order valence-electron chi connectivity index (χ0n) is 7.74. The van der Waals surface area contributed by atoms with Gasteiger partial charge in [0.25, 0.3) is 0 Å². The van der Waals surface area contributed by atoms with Crippen molar-refractivity contribution in [3.63, 3.8) is 0 Å². The average Bonchev–Trinajstić information content (AvgIpc) is 2.10. The second-order valence-electron chi connectivity index (χ2n) is 2.74. The summed E-state index contributed by atoms with van der Waals surface area (Å²) in [4.78, 5) is 0.654. The predicted molar refractivity (Wildman–Crippen MR) is 53.9 cm³/mol. The van der Waals surface area contributed by atoms with Gasteiger partial charge in [-0.15, -0.1) is 0 Å². The van der Waals surface area contributed by atoms with Gasteiger partial charge in [-0.25, -0.2) is 0 Å². The van der Waals surface area contributed by atoms with E-state index in [1.165, 1.54) is 7.11 Å². The Labute approximate surface area is 80.4 Å². The smallest absolute Gasteiger partial charge is 0.126 e. The van der Waals surface area contributed by atoms with Crippen LogP contribution in [-0.4, -0.2) is 17.3 Å². The number of aryl methyl sites for hydroxylation is 1. The maximum absolute atomic E-state index is 11.5. The molecule has 0 amide bonds. The van der Waals surface area contributed by atoms with E-state index in [9.17, 15) is 4.21 Å². The first-order valence-corrected chi connectivity index (χ1v) is 5.21. The second-order valence-corrected chi connectivity index (χ2v) is 4.11. The molecule has 0 saturated carbocycles. The third-order valence-corrected chi connectivity index (χ3v) is 3.05. The van der Waals surface area contributed by atoms with Gasteiger partial charge in [0.15, 0.2) is 0 Å². The van der Waals surface area contributed by atoms with Crippen LogP contribution in [-0.2, 0) is 15.5 Å². The summed E-state index contributed by atoms with van der Waals surface area (Å²) in [6.07, 6.45) is 0. The fourth-order valence-corrected chi connectivity index (χ4v) is 2.00. The zero-order valence-corrected chi connectivity index (χ0v) is 8.56. The van der Waals surface area contributed by atoms with Crippen molar-refractivity contribution in [2.45, 2.75) is 11.8 Å². The summed E-state index contributed by atoms with van der Waals surface area (Å²) < 4.78 is 16.3. The number of hydrogen-bond acceptors (Lipinski definition) is 3. The minimum Gasteiger partial charge on any atom is -0.398 e. The van der Waals surface area contributed by atoms with Crippen LogP contribution in [0, 0.1) is 6.92 Å². The number of para-hydroxylation sites is 1. The van der Waals surface area contributed by atoms with Gasteiger partial charge in [-0.2, -0.15) is 0 Å². The van der Waals surface area contributed by atoms with Crippen LogP contribution in [0.15, 0.2) is 23.1 Å². The molecule has 1 unspecified atom stereocenters. The second kappa shape index (κ2) is 4.39. The molecule has 3 nitrogen and oxygen atoms in total. The summed E-state index contributed by atoms with van der Waals surface area (Å²) in [6.45, 7) is 1.89. The largest absolute Gasteiger partial charge is 0.398 e. The molecule has 0 bridgehead atoms. The summed E-state index contributed by atoms with van der Waals surface area (Å²) in [7, 11) is 0.365. The van der Waals surface area contributed by atoms with Gasteiger partial charge < -0.3 is 10.5 Å². The molecular formula is C9H13NO2S. The topological polar surface area (TPSA) is 52.3 Å². The Kier molecular flexibility index (Phi) is 3.45. The van der Waals surface area contributed by atoms with Crippen LogP contribution in [0.4, 0.5) is 5.69 Å². The predicted octanol–water partition coefficient (Wildman–Crippen LogP) is 1.29. The van der Waals surface area contributed by atoms with Crippen LogP contribution in [0.3, 0.4) is 0 Å². The highest BCUT2D eigenvalue weighted by Crippen LogP contribution is 2.19. The summed E-state index contributed by atoms with van der Waals surface area (Å²) in [5.41, 5.74) is 7.31. The molecule has 1 aromatic rings. The van der Waals surface area contributed by atoms with Crippen LogP contribution < -0.4 is 5.73 Å². The quantitative estimate of drug-likeness (QED) is 0.746. The Hall–Kier alpha value is -0.870. The van der Waals surface area contributed by atoms with Gasteiger partial charge in [-0.3, -0.25) is 4.21 Å². The Morgan fingerprint density at radius 1 is 1.54 bits per heavy atom. The molecule has 1 atom stereocenters. The maximum atomic E-state index is 11.5. The molecule has 0 saturated heterocycles. The van der Waals surface area contributed by atoms with Crippen molar-refractivity contribution in [2.24, 2.45) is 0 Å². The number of rotatable bonds is 3. The average molecular weight is 199 g/mol. The summed E-state index contributed by atoms with van der Waals surface area (Å²) in [5, 5.41) is 0. The Balaban J connectivity index is 3.01. The van der Waals surface area contributed by atoms with Crippen molar-refractivity contribution in [3.05, 3.63) is 23.8 Å². The van der Waals surface area contributed by atoms with Crippen molar-refractivity contribution in [3.8, 4) is 0 Å². The molecule has 0 spiro atoms. The summed E-state index contributed by atoms with van der Waals surface area (Å²) in [6, 6.07) is 5.49. The summed E-state index contributed by atoms with van der Waals surface area (Å²) >= 11 is 0. The van der Waals surface area contributed by atoms with E-state index in [0.29, 0.717) is 10.6 Å². The van der Waals surface area contributed by atoms with Gasteiger partial charge in [0.2, 0.25) is 0 Å². The molecule has 72 valence electrons. The normalized spacial score (nSPS) is 12.8. The number of benzene rings is 1. The van der Waals surface area contributed by atoms with Gasteiger partial charge >= 0.3 is 0 Å². The molecule has 0 aromatic heterocycles. The first-order chi connectivity index (χ1) is 6.16. The first-order valence-electron chi connectivity index (χ1n) is 3.89. The monoisotopic (exact) mass is 199 g/mol. The maximum Gasteiger partial charge on any atom is 0.126 e. The minimum absolute atomic E-state index is 0.188. The number of nitrogen functional groups attached to an aromatic ring is 1. The van der Waals surface area contributed by atoms with Gasteiger partial charge in [-0.1, -0.05) is 12.1 Å². The van der Waals surface area contributed by atoms with Crippen LogP contribution in [0.1, 0.15) is 5.56 Å². The Bertz CT molecular complexity index is 325. The number of hydrogen-bond donors (Lipinski definition) is 1. The number of anilines is 1. The third-order valence-electron chi connectivity index (χ3n) is 1.75. The zero-order chi connectivity index (χ0) is 9.84. The molecule has 0 aliphatic carbocycles. The van der Waals surface area contributed by atoms with E-state index in [4.69, 9.17) is 10.5 Å². The molecule has 0 heterocycles. The fourth-order valence-electron chi connectivity index (χ4n) is 1.02. The number of methoxy groups -OCH3 is 1. The summed E-state index contributed by atoms with van der Waals surface area (Å²) in [5.74, 6) is 0.188. The lowest BCUT2D eigenvalue weighted by molar-refractivity contribution is 0.254. The number of nitrogens with two attached hydrogens (primary N) is 1. The standard InChI is InChI=1S/C9H13NO2S/c1-7-4-3-5-8(9(7)10)13(11)6-12-2/h3-5H,6,10H2,1-2H3. The van der Waals surface area contributed by atoms with Crippen molar-refractivity contribution < 1.29 is 8.95 Å². The molecule has 1 aromatic carbocycles. The van der Waals surface area contributed by atoms with Gasteiger partial charge in [0.1, 0.15) is 5.94 Å². The molecule has 0 aliphatic rings. The highest BCUT2D eigenvalue weighted by Gasteiger charge is 2.08. The molecule has 4 heteroatoms. The molecule has 0 radical (unpaired) electrons.